The first-order chi connectivity index (χ1) is 7.34. The van der Waals surface area contributed by atoms with Crippen molar-refractivity contribution in [3.8, 4) is 0 Å². The topological polar surface area (TPSA) is 56.1 Å². The zero-order valence-corrected chi connectivity index (χ0v) is 10.4. The Morgan fingerprint density at radius 2 is 2.19 bits per heavy atom. The van der Waals surface area contributed by atoms with Crippen LogP contribution >= 0.6 is 0 Å². The molecule has 1 aromatic heterocycles. The number of hydrogen-bond donors (Lipinski definition) is 1. The van der Waals surface area contributed by atoms with Gasteiger partial charge in [-0.2, -0.15) is 5.10 Å². The van der Waals surface area contributed by atoms with Crippen LogP contribution in [0.15, 0.2) is 12.4 Å². The number of esters is 1. The minimum absolute atomic E-state index is 0.0611. The van der Waals surface area contributed by atoms with Crippen LogP contribution in [0.5, 0.6) is 0 Å². The molecule has 0 aliphatic heterocycles. The third kappa shape index (κ3) is 2.98. The number of rotatable bonds is 3. The smallest absolute Gasteiger partial charge is 0.327 e. The summed E-state index contributed by atoms with van der Waals surface area (Å²) in [6, 6.07) is -0.373. The Morgan fingerprint density at radius 1 is 1.56 bits per heavy atom. The van der Waals surface area contributed by atoms with Gasteiger partial charge in [0.25, 0.3) is 0 Å². The maximum atomic E-state index is 11.2. The summed E-state index contributed by atoms with van der Waals surface area (Å²) < 4.78 is 6.48. The summed E-state index contributed by atoms with van der Waals surface area (Å²) in [4.78, 5) is 11.2. The molecule has 0 amide bonds. The lowest BCUT2D eigenvalue weighted by Gasteiger charge is -2.18. The Hall–Kier alpha value is -1.52. The van der Waals surface area contributed by atoms with Crippen LogP contribution in [-0.4, -0.2) is 28.9 Å². The van der Waals surface area contributed by atoms with Gasteiger partial charge >= 0.3 is 5.97 Å². The molecule has 0 unspecified atom stereocenters. The molecule has 0 fully saturated rings. The molecule has 0 radical (unpaired) electrons. The first-order valence-electron chi connectivity index (χ1n) is 5.24. The summed E-state index contributed by atoms with van der Waals surface area (Å²) in [7, 11) is 1.37. The normalized spacial score (nSPS) is 13.3. The van der Waals surface area contributed by atoms with Gasteiger partial charge in [0.1, 0.15) is 6.04 Å². The fraction of sp³-hybridized carbons (Fsp3) is 0.636. The molecule has 0 aliphatic rings. The van der Waals surface area contributed by atoms with E-state index in [1.807, 2.05) is 10.9 Å². The maximum Gasteiger partial charge on any atom is 0.327 e. The zero-order valence-electron chi connectivity index (χ0n) is 10.4. The minimum Gasteiger partial charge on any atom is -0.467 e. The van der Waals surface area contributed by atoms with Gasteiger partial charge < -0.3 is 10.1 Å². The molecule has 0 saturated carbocycles. The van der Waals surface area contributed by atoms with Crippen LogP contribution in [0.25, 0.3) is 0 Å². The van der Waals surface area contributed by atoms with Crippen molar-refractivity contribution in [3.05, 3.63) is 12.4 Å². The van der Waals surface area contributed by atoms with E-state index in [9.17, 15) is 4.79 Å². The monoisotopic (exact) mass is 225 g/mol. The van der Waals surface area contributed by atoms with Crippen molar-refractivity contribution in [2.75, 3.05) is 12.4 Å². The van der Waals surface area contributed by atoms with E-state index in [2.05, 4.69) is 35.9 Å². The SMILES string of the molecule is COC(=O)[C@H](C)Nc1cnn(C(C)(C)C)c1. The highest BCUT2D eigenvalue weighted by molar-refractivity contribution is 5.78. The molecule has 0 saturated heterocycles. The molecule has 0 aromatic carbocycles. The van der Waals surface area contributed by atoms with E-state index in [0.29, 0.717) is 0 Å². The highest BCUT2D eigenvalue weighted by Crippen LogP contribution is 2.16. The Bertz CT molecular complexity index is 366. The second-order valence-electron chi connectivity index (χ2n) is 4.73. The molecule has 5 nitrogen and oxygen atoms in total. The van der Waals surface area contributed by atoms with Crippen molar-refractivity contribution in [2.45, 2.75) is 39.3 Å². The Kier molecular flexibility index (Phi) is 3.57. The van der Waals surface area contributed by atoms with E-state index >= 15 is 0 Å². The first kappa shape index (κ1) is 12.5. The Balaban J connectivity index is 2.69. The molecule has 0 bridgehead atoms. The van der Waals surface area contributed by atoms with Gasteiger partial charge in [-0.3, -0.25) is 4.68 Å². The quantitative estimate of drug-likeness (QED) is 0.794. The fourth-order valence-electron chi connectivity index (χ4n) is 1.25. The summed E-state index contributed by atoms with van der Waals surface area (Å²) in [6.07, 6.45) is 3.57. The van der Waals surface area contributed by atoms with Crippen molar-refractivity contribution in [1.29, 1.82) is 0 Å². The van der Waals surface area contributed by atoms with Crippen LogP contribution < -0.4 is 5.32 Å². The van der Waals surface area contributed by atoms with E-state index in [1.165, 1.54) is 7.11 Å². The molecule has 1 N–H and O–H groups in total. The van der Waals surface area contributed by atoms with Gasteiger partial charge in [-0.05, 0) is 27.7 Å². The molecule has 90 valence electrons. The van der Waals surface area contributed by atoms with Crippen LogP contribution in [0, 0.1) is 0 Å². The predicted molar refractivity (Wildman–Crippen MR) is 62.3 cm³/mol. The van der Waals surface area contributed by atoms with Gasteiger partial charge in [-0.15, -0.1) is 0 Å². The van der Waals surface area contributed by atoms with Crippen LogP contribution in [0.4, 0.5) is 5.69 Å². The van der Waals surface area contributed by atoms with Gasteiger partial charge in [0.2, 0.25) is 0 Å². The molecule has 1 aromatic rings. The second-order valence-corrected chi connectivity index (χ2v) is 4.73. The van der Waals surface area contributed by atoms with Crippen LogP contribution in [0.2, 0.25) is 0 Å². The summed E-state index contributed by atoms with van der Waals surface area (Å²) in [5.74, 6) is -0.288. The van der Waals surface area contributed by atoms with Crippen molar-refractivity contribution in [1.82, 2.24) is 9.78 Å². The molecule has 0 spiro atoms. The molecule has 1 heterocycles. The fourth-order valence-corrected chi connectivity index (χ4v) is 1.25. The van der Waals surface area contributed by atoms with Gasteiger partial charge in [0.15, 0.2) is 0 Å². The van der Waals surface area contributed by atoms with E-state index in [4.69, 9.17) is 0 Å². The van der Waals surface area contributed by atoms with E-state index in [0.717, 1.165) is 5.69 Å². The first-order valence-corrected chi connectivity index (χ1v) is 5.24. The summed E-state index contributed by atoms with van der Waals surface area (Å²) in [6.45, 7) is 7.94. The largest absolute Gasteiger partial charge is 0.467 e. The van der Waals surface area contributed by atoms with Gasteiger partial charge in [0, 0.05) is 6.20 Å². The maximum absolute atomic E-state index is 11.2. The van der Waals surface area contributed by atoms with Crippen molar-refractivity contribution in [3.63, 3.8) is 0 Å². The molecular formula is C11H19N3O2. The van der Waals surface area contributed by atoms with E-state index in [1.54, 1.807) is 13.1 Å². The number of aromatic nitrogens is 2. The van der Waals surface area contributed by atoms with Crippen LogP contribution in [-0.2, 0) is 15.1 Å². The molecule has 0 aliphatic carbocycles. The number of anilines is 1. The Morgan fingerprint density at radius 3 is 2.62 bits per heavy atom. The number of nitrogens with zero attached hydrogens (tertiary/aromatic N) is 2. The van der Waals surface area contributed by atoms with Gasteiger partial charge in [-0.1, -0.05) is 0 Å². The van der Waals surface area contributed by atoms with Crippen molar-refractivity contribution >= 4 is 11.7 Å². The van der Waals surface area contributed by atoms with E-state index in [-0.39, 0.29) is 17.6 Å². The standard InChI is InChI=1S/C11H19N3O2/c1-8(10(15)16-5)13-9-6-12-14(7-9)11(2,3)4/h6-8,13H,1-5H3/t8-/m0/s1. The second kappa shape index (κ2) is 4.55. The number of nitrogens with one attached hydrogen (secondary N) is 1. The number of ether oxygens (including phenoxy) is 1. The average molecular weight is 225 g/mol. The third-order valence-electron chi connectivity index (χ3n) is 2.21. The van der Waals surface area contributed by atoms with Gasteiger partial charge in [-0.25, -0.2) is 4.79 Å². The number of methoxy groups -OCH3 is 1. The summed E-state index contributed by atoms with van der Waals surface area (Å²) in [5, 5.41) is 7.25. The lowest BCUT2D eigenvalue weighted by molar-refractivity contribution is -0.141. The molecular weight excluding hydrogens is 206 g/mol. The van der Waals surface area contributed by atoms with Gasteiger partial charge in [0.05, 0.1) is 24.5 Å². The predicted octanol–water partition coefficient (Wildman–Crippen LogP) is 1.61. The van der Waals surface area contributed by atoms with Crippen molar-refractivity contribution < 1.29 is 9.53 Å². The molecule has 5 heteroatoms. The summed E-state index contributed by atoms with van der Waals surface area (Å²) >= 11 is 0. The average Bonchev–Trinajstić information content (AvgIpc) is 2.64. The van der Waals surface area contributed by atoms with E-state index < -0.39 is 0 Å². The number of hydrogen-bond acceptors (Lipinski definition) is 4. The minimum atomic E-state index is -0.373. The highest BCUT2D eigenvalue weighted by atomic mass is 16.5. The van der Waals surface area contributed by atoms with Crippen LogP contribution in [0.3, 0.4) is 0 Å². The van der Waals surface area contributed by atoms with Crippen molar-refractivity contribution in [2.24, 2.45) is 0 Å². The lowest BCUT2D eigenvalue weighted by atomic mass is 10.1. The molecule has 16 heavy (non-hydrogen) atoms. The molecule has 1 rings (SSSR count). The molecule has 1 atom stereocenters. The number of carbonyl (C=O) groups is 1. The zero-order chi connectivity index (χ0) is 12.3. The highest BCUT2D eigenvalue weighted by Gasteiger charge is 2.16. The number of carbonyl (C=O) groups excluding carboxylic acids is 1. The Labute approximate surface area is 95.8 Å². The summed E-state index contributed by atoms with van der Waals surface area (Å²) in [5.41, 5.74) is 0.752. The lowest BCUT2D eigenvalue weighted by Crippen LogP contribution is -2.27. The van der Waals surface area contributed by atoms with Crippen LogP contribution in [0.1, 0.15) is 27.7 Å². The third-order valence-corrected chi connectivity index (χ3v) is 2.21.